The van der Waals surface area contributed by atoms with Crippen LogP contribution < -0.4 is 0 Å². The van der Waals surface area contributed by atoms with Gasteiger partial charge in [-0.1, -0.05) is 33.6 Å². The van der Waals surface area contributed by atoms with E-state index in [1.165, 1.54) is 25.7 Å². The van der Waals surface area contributed by atoms with E-state index in [4.69, 9.17) is 4.74 Å². The van der Waals surface area contributed by atoms with Crippen LogP contribution in [0.3, 0.4) is 0 Å². The Morgan fingerprint density at radius 3 is 2.44 bits per heavy atom. The van der Waals surface area contributed by atoms with Gasteiger partial charge in [0, 0.05) is 6.61 Å². The van der Waals surface area contributed by atoms with Gasteiger partial charge in [0.2, 0.25) is 0 Å². The molecule has 96 valence electrons. The van der Waals surface area contributed by atoms with Gasteiger partial charge in [-0.2, -0.15) is 0 Å². The lowest BCUT2D eigenvalue weighted by Crippen LogP contribution is -2.37. The summed E-state index contributed by atoms with van der Waals surface area (Å²) in [7, 11) is 0. The highest BCUT2D eigenvalue weighted by molar-refractivity contribution is 4.84. The summed E-state index contributed by atoms with van der Waals surface area (Å²) < 4.78 is 5.97. The Hall–Kier alpha value is -0.0800. The van der Waals surface area contributed by atoms with Crippen LogP contribution in [-0.2, 0) is 4.74 Å². The van der Waals surface area contributed by atoms with E-state index in [1.807, 2.05) is 6.92 Å². The number of hydrogen-bond acceptors (Lipinski definition) is 2. The van der Waals surface area contributed by atoms with Gasteiger partial charge in [-0.25, -0.2) is 0 Å². The number of aliphatic hydroxyl groups excluding tert-OH is 1. The van der Waals surface area contributed by atoms with E-state index >= 15 is 0 Å². The van der Waals surface area contributed by atoms with Crippen molar-refractivity contribution in [3.63, 3.8) is 0 Å². The van der Waals surface area contributed by atoms with E-state index in [2.05, 4.69) is 20.8 Å². The molecular weight excluding hydrogens is 200 g/mol. The Balaban J connectivity index is 2.41. The van der Waals surface area contributed by atoms with Gasteiger partial charge >= 0.3 is 0 Å². The highest BCUT2D eigenvalue weighted by Crippen LogP contribution is 2.39. The van der Waals surface area contributed by atoms with Gasteiger partial charge in [-0.05, 0) is 37.5 Å². The fraction of sp³-hybridized carbons (Fsp3) is 1.00. The third-order valence-corrected chi connectivity index (χ3v) is 3.68. The average Bonchev–Trinajstić information content (AvgIpc) is 2.16. The summed E-state index contributed by atoms with van der Waals surface area (Å²) in [5.74, 6) is 0.676. The second-order valence-electron chi connectivity index (χ2n) is 6.30. The second kappa shape index (κ2) is 6.02. The summed E-state index contributed by atoms with van der Waals surface area (Å²) in [5, 5.41) is 9.23. The molecule has 0 aromatic carbocycles. The third kappa shape index (κ3) is 4.42. The summed E-state index contributed by atoms with van der Waals surface area (Å²) >= 11 is 0. The average molecular weight is 228 g/mol. The first kappa shape index (κ1) is 14.0. The normalized spacial score (nSPS) is 29.1. The largest absolute Gasteiger partial charge is 0.393 e. The molecule has 0 aliphatic heterocycles. The maximum Gasteiger partial charge on any atom is 0.0608 e. The van der Waals surface area contributed by atoms with Crippen molar-refractivity contribution in [2.75, 3.05) is 6.61 Å². The molecule has 0 radical (unpaired) electrons. The monoisotopic (exact) mass is 228 g/mol. The molecule has 0 amide bonds. The van der Waals surface area contributed by atoms with Crippen molar-refractivity contribution in [2.24, 2.45) is 11.3 Å². The molecule has 0 saturated heterocycles. The summed E-state index contributed by atoms with van der Waals surface area (Å²) in [4.78, 5) is 0. The first-order valence-corrected chi connectivity index (χ1v) is 6.71. The number of rotatable bonds is 4. The molecule has 2 heteroatoms. The molecular formula is C14H28O2. The molecule has 0 bridgehead atoms. The van der Waals surface area contributed by atoms with Crippen molar-refractivity contribution >= 4 is 0 Å². The minimum Gasteiger partial charge on any atom is -0.393 e. The van der Waals surface area contributed by atoms with Crippen molar-refractivity contribution in [3.8, 4) is 0 Å². The summed E-state index contributed by atoms with van der Waals surface area (Å²) in [6, 6.07) is 0. The molecule has 2 nitrogen and oxygen atoms in total. The summed E-state index contributed by atoms with van der Waals surface area (Å²) in [5.41, 5.74) is 0.343. The fourth-order valence-electron chi connectivity index (χ4n) is 2.68. The van der Waals surface area contributed by atoms with E-state index in [0.717, 1.165) is 6.42 Å². The van der Waals surface area contributed by atoms with Crippen molar-refractivity contribution < 1.29 is 9.84 Å². The minimum atomic E-state index is -0.239. The molecule has 1 aliphatic rings. The van der Waals surface area contributed by atoms with Gasteiger partial charge in [0.25, 0.3) is 0 Å². The quantitative estimate of drug-likeness (QED) is 0.799. The van der Waals surface area contributed by atoms with E-state index in [0.29, 0.717) is 24.0 Å². The van der Waals surface area contributed by atoms with E-state index in [-0.39, 0.29) is 6.10 Å². The van der Waals surface area contributed by atoms with Gasteiger partial charge in [-0.3, -0.25) is 0 Å². The van der Waals surface area contributed by atoms with Gasteiger partial charge in [-0.15, -0.1) is 0 Å². The number of ether oxygens (including phenoxy) is 1. The zero-order chi connectivity index (χ0) is 12.2. The van der Waals surface area contributed by atoms with E-state index in [1.54, 1.807) is 0 Å². The molecule has 1 rings (SSSR count). The van der Waals surface area contributed by atoms with Crippen LogP contribution in [0, 0.1) is 11.3 Å². The van der Waals surface area contributed by atoms with Crippen LogP contribution in [-0.4, -0.2) is 23.9 Å². The molecule has 3 atom stereocenters. The van der Waals surface area contributed by atoms with Gasteiger partial charge in [0.05, 0.1) is 12.2 Å². The predicted molar refractivity (Wildman–Crippen MR) is 67.5 cm³/mol. The zero-order valence-corrected chi connectivity index (χ0v) is 11.3. The topological polar surface area (TPSA) is 29.5 Å². The Morgan fingerprint density at radius 2 is 1.88 bits per heavy atom. The lowest BCUT2D eigenvalue weighted by Gasteiger charge is -2.40. The van der Waals surface area contributed by atoms with Crippen LogP contribution in [0.5, 0.6) is 0 Å². The van der Waals surface area contributed by atoms with Crippen molar-refractivity contribution in [2.45, 2.75) is 72.0 Å². The molecule has 0 aromatic rings. The van der Waals surface area contributed by atoms with Crippen molar-refractivity contribution in [3.05, 3.63) is 0 Å². The fourth-order valence-corrected chi connectivity index (χ4v) is 2.68. The van der Waals surface area contributed by atoms with E-state index in [9.17, 15) is 5.11 Å². The van der Waals surface area contributed by atoms with Crippen LogP contribution in [0.1, 0.15) is 59.8 Å². The molecule has 1 saturated carbocycles. The standard InChI is InChI=1S/C14H28O2/c1-11(15)9-10-16-13-8-6-5-7-12(13)14(2,3)4/h11-13,15H,5-10H2,1-4H3. The van der Waals surface area contributed by atoms with Crippen LogP contribution in [0.25, 0.3) is 0 Å². The molecule has 1 aliphatic carbocycles. The van der Waals surface area contributed by atoms with Gasteiger partial charge in [0.1, 0.15) is 0 Å². The maximum absolute atomic E-state index is 9.23. The molecule has 0 spiro atoms. The highest BCUT2D eigenvalue weighted by Gasteiger charge is 2.34. The molecule has 1 N–H and O–H groups in total. The Labute approximate surface area is 100 Å². The maximum atomic E-state index is 9.23. The lowest BCUT2D eigenvalue weighted by atomic mass is 9.71. The number of aliphatic hydroxyl groups is 1. The predicted octanol–water partition coefficient (Wildman–Crippen LogP) is 3.38. The van der Waals surface area contributed by atoms with Crippen LogP contribution >= 0.6 is 0 Å². The minimum absolute atomic E-state index is 0.239. The molecule has 1 fully saturated rings. The smallest absolute Gasteiger partial charge is 0.0608 e. The number of hydrogen-bond donors (Lipinski definition) is 1. The Kier molecular flexibility index (Phi) is 5.26. The summed E-state index contributed by atoms with van der Waals surface area (Å²) in [6.07, 6.45) is 6.06. The van der Waals surface area contributed by atoms with Crippen molar-refractivity contribution in [1.29, 1.82) is 0 Å². The second-order valence-corrected chi connectivity index (χ2v) is 6.30. The summed E-state index contributed by atoms with van der Waals surface area (Å²) in [6.45, 7) is 9.47. The SMILES string of the molecule is CC(O)CCOC1CCCCC1C(C)(C)C. The van der Waals surface area contributed by atoms with Crippen LogP contribution in [0.4, 0.5) is 0 Å². The van der Waals surface area contributed by atoms with Crippen molar-refractivity contribution in [1.82, 2.24) is 0 Å². The Bertz CT molecular complexity index is 193. The Morgan fingerprint density at radius 1 is 1.25 bits per heavy atom. The highest BCUT2D eigenvalue weighted by atomic mass is 16.5. The first-order chi connectivity index (χ1) is 7.41. The van der Waals surface area contributed by atoms with Gasteiger partial charge in [0.15, 0.2) is 0 Å². The molecule has 0 aromatic heterocycles. The van der Waals surface area contributed by atoms with Gasteiger partial charge < -0.3 is 9.84 Å². The van der Waals surface area contributed by atoms with Crippen LogP contribution in [0.15, 0.2) is 0 Å². The van der Waals surface area contributed by atoms with E-state index < -0.39 is 0 Å². The third-order valence-electron chi connectivity index (χ3n) is 3.68. The molecule has 0 heterocycles. The molecule has 3 unspecified atom stereocenters. The lowest BCUT2D eigenvalue weighted by molar-refractivity contribution is -0.0546. The van der Waals surface area contributed by atoms with Crippen LogP contribution in [0.2, 0.25) is 0 Å². The zero-order valence-electron chi connectivity index (χ0n) is 11.3. The molecule has 16 heavy (non-hydrogen) atoms. The first-order valence-electron chi connectivity index (χ1n) is 6.71.